The van der Waals surface area contributed by atoms with Crippen LogP contribution >= 0.6 is 0 Å². The Hall–Kier alpha value is -1.10. The normalized spacial score (nSPS) is 37.3. The number of nitrogens with zero attached hydrogens (tertiary/aromatic N) is 2. The number of carbonyl (C=O) groups is 2. The molecule has 4 unspecified atom stereocenters. The molecule has 0 radical (unpaired) electrons. The molecule has 2 heterocycles. The number of piperazine rings is 1. The van der Waals surface area contributed by atoms with Crippen molar-refractivity contribution < 1.29 is 14.7 Å². The summed E-state index contributed by atoms with van der Waals surface area (Å²) in [4.78, 5) is 28.6. The Labute approximate surface area is 126 Å². The van der Waals surface area contributed by atoms with Crippen molar-refractivity contribution in [1.82, 2.24) is 9.80 Å². The van der Waals surface area contributed by atoms with Gasteiger partial charge in [0, 0.05) is 25.7 Å². The lowest BCUT2D eigenvalue weighted by molar-refractivity contribution is -0.150. The lowest BCUT2D eigenvalue weighted by Gasteiger charge is -2.44. The number of carboxylic acids is 1. The Balaban J connectivity index is 1.66. The summed E-state index contributed by atoms with van der Waals surface area (Å²) in [5, 5.41) is 9.36. The predicted octanol–water partition coefficient (Wildman–Crippen LogP) is 1.43. The van der Waals surface area contributed by atoms with Crippen molar-refractivity contribution in [3.8, 4) is 0 Å². The molecule has 0 aromatic rings. The molecule has 0 bridgehead atoms. The molecule has 1 amide bonds. The molecule has 4 atom stereocenters. The van der Waals surface area contributed by atoms with Crippen LogP contribution in [0.25, 0.3) is 0 Å². The maximum absolute atomic E-state index is 12.8. The minimum absolute atomic E-state index is 0.0944. The van der Waals surface area contributed by atoms with Crippen molar-refractivity contribution in [2.24, 2.45) is 17.8 Å². The molecule has 0 aromatic heterocycles. The van der Waals surface area contributed by atoms with E-state index in [1.807, 2.05) is 4.90 Å². The highest BCUT2D eigenvalue weighted by atomic mass is 16.4. The van der Waals surface area contributed by atoms with Crippen LogP contribution < -0.4 is 0 Å². The second-order valence-corrected chi connectivity index (χ2v) is 7.10. The number of hydrogen-bond acceptors (Lipinski definition) is 3. The van der Waals surface area contributed by atoms with E-state index in [9.17, 15) is 14.7 Å². The molecule has 1 N–H and O–H groups in total. The minimum Gasteiger partial charge on any atom is -0.481 e. The van der Waals surface area contributed by atoms with Gasteiger partial charge in [0.15, 0.2) is 0 Å². The smallest absolute Gasteiger partial charge is 0.307 e. The van der Waals surface area contributed by atoms with Crippen molar-refractivity contribution in [2.45, 2.75) is 45.1 Å². The van der Waals surface area contributed by atoms with Gasteiger partial charge in [0.05, 0.1) is 11.8 Å². The molecule has 0 spiro atoms. The first-order chi connectivity index (χ1) is 10.1. The third-order valence-corrected chi connectivity index (χ3v) is 5.58. The Kier molecular flexibility index (Phi) is 4.20. The predicted molar refractivity (Wildman–Crippen MR) is 78.8 cm³/mol. The van der Waals surface area contributed by atoms with Gasteiger partial charge in [0.25, 0.3) is 0 Å². The van der Waals surface area contributed by atoms with E-state index in [1.54, 1.807) is 0 Å². The van der Waals surface area contributed by atoms with E-state index in [2.05, 4.69) is 11.8 Å². The Morgan fingerprint density at radius 1 is 1.05 bits per heavy atom. The van der Waals surface area contributed by atoms with Gasteiger partial charge in [-0.05, 0) is 38.1 Å². The number of piperidine rings is 1. The van der Waals surface area contributed by atoms with Gasteiger partial charge in [-0.1, -0.05) is 13.3 Å². The van der Waals surface area contributed by atoms with E-state index < -0.39 is 11.9 Å². The molecule has 2 aliphatic heterocycles. The van der Waals surface area contributed by atoms with E-state index in [4.69, 9.17) is 0 Å². The first-order valence-corrected chi connectivity index (χ1v) is 8.32. The zero-order valence-corrected chi connectivity index (χ0v) is 12.8. The summed E-state index contributed by atoms with van der Waals surface area (Å²) < 4.78 is 0. The zero-order valence-electron chi connectivity index (χ0n) is 12.8. The van der Waals surface area contributed by atoms with Gasteiger partial charge in [-0.2, -0.15) is 0 Å². The fourth-order valence-electron chi connectivity index (χ4n) is 4.43. The van der Waals surface area contributed by atoms with Gasteiger partial charge in [-0.15, -0.1) is 0 Å². The molecule has 1 saturated carbocycles. The largest absolute Gasteiger partial charge is 0.481 e. The van der Waals surface area contributed by atoms with Crippen molar-refractivity contribution in [1.29, 1.82) is 0 Å². The number of amides is 1. The van der Waals surface area contributed by atoms with Crippen LogP contribution in [0, 0.1) is 17.8 Å². The lowest BCUT2D eigenvalue weighted by Crippen LogP contribution is -2.57. The second kappa shape index (κ2) is 5.95. The highest BCUT2D eigenvalue weighted by Gasteiger charge is 2.44. The van der Waals surface area contributed by atoms with Crippen LogP contribution in [0.15, 0.2) is 0 Å². The van der Waals surface area contributed by atoms with Crippen LogP contribution in [-0.4, -0.2) is 59.0 Å². The van der Waals surface area contributed by atoms with E-state index in [-0.39, 0.29) is 11.8 Å². The summed E-state index contributed by atoms with van der Waals surface area (Å²) in [6.07, 6.45) is 5.08. The summed E-state index contributed by atoms with van der Waals surface area (Å²) in [6.45, 7) is 5.74. The maximum Gasteiger partial charge on any atom is 0.307 e. The fraction of sp³-hybridized carbons (Fsp3) is 0.875. The first-order valence-electron chi connectivity index (χ1n) is 8.32. The number of fused-ring (bicyclic) bond motifs is 1. The van der Waals surface area contributed by atoms with E-state index >= 15 is 0 Å². The van der Waals surface area contributed by atoms with Crippen LogP contribution in [0.1, 0.15) is 39.0 Å². The highest BCUT2D eigenvalue weighted by Crippen LogP contribution is 2.38. The number of rotatable bonds is 2. The Morgan fingerprint density at radius 2 is 1.81 bits per heavy atom. The quantitative estimate of drug-likeness (QED) is 0.837. The van der Waals surface area contributed by atoms with Gasteiger partial charge in [-0.3, -0.25) is 14.5 Å². The van der Waals surface area contributed by atoms with E-state index in [1.165, 1.54) is 19.3 Å². The van der Waals surface area contributed by atoms with E-state index in [0.717, 1.165) is 32.6 Å². The average Bonchev–Trinajstić information content (AvgIpc) is 2.88. The number of hydrogen-bond donors (Lipinski definition) is 1. The molecule has 118 valence electrons. The van der Waals surface area contributed by atoms with Gasteiger partial charge >= 0.3 is 5.97 Å². The monoisotopic (exact) mass is 294 g/mol. The van der Waals surface area contributed by atoms with Gasteiger partial charge in [0.1, 0.15) is 0 Å². The van der Waals surface area contributed by atoms with E-state index in [0.29, 0.717) is 18.4 Å². The first kappa shape index (κ1) is 14.8. The Morgan fingerprint density at radius 3 is 2.57 bits per heavy atom. The van der Waals surface area contributed by atoms with Crippen molar-refractivity contribution >= 4 is 11.9 Å². The molecule has 5 heteroatoms. The van der Waals surface area contributed by atoms with Gasteiger partial charge in [-0.25, -0.2) is 0 Å². The summed E-state index contributed by atoms with van der Waals surface area (Å²) >= 11 is 0. The minimum atomic E-state index is -0.797. The topological polar surface area (TPSA) is 60.9 Å². The molecular weight excluding hydrogens is 268 g/mol. The maximum atomic E-state index is 12.8. The molecule has 3 rings (SSSR count). The summed E-state index contributed by atoms with van der Waals surface area (Å²) in [7, 11) is 0. The third kappa shape index (κ3) is 2.93. The SMILES string of the molecule is CC1CC(C(=O)O)C(C(=O)N2CCN3CCCCC3C2)C1. The molecule has 2 saturated heterocycles. The molecular formula is C16H26N2O3. The molecule has 0 aromatic carbocycles. The van der Waals surface area contributed by atoms with Gasteiger partial charge < -0.3 is 10.0 Å². The average molecular weight is 294 g/mol. The number of carbonyl (C=O) groups excluding carboxylic acids is 1. The number of aliphatic carboxylic acids is 1. The third-order valence-electron chi connectivity index (χ3n) is 5.58. The molecule has 21 heavy (non-hydrogen) atoms. The summed E-state index contributed by atoms with van der Waals surface area (Å²) in [5.74, 6) is -1.13. The van der Waals surface area contributed by atoms with Crippen LogP contribution in [0.3, 0.4) is 0 Å². The van der Waals surface area contributed by atoms with Gasteiger partial charge in [0.2, 0.25) is 5.91 Å². The molecule has 3 fully saturated rings. The summed E-state index contributed by atoms with van der Waals surface area (Å²) in [5.41, 5.74) is 0. The van der Waals surface area contributed by atoms with Crippen molar-refractivity contribution in [2.75, 3.05) is 26.2 Å². The molecule has 3 aliphatic rings. The molecule has 5 nitrogen and oxygen atoms in total. The second-order valence-electron chi connectivity index (χ2n) is 7.10. The van der Waals surface area contributed by atoms with Crippen molar-refractivity contribution in [3.05, 3.63) is 0 Å². The lowest BCUT2D eigenvalue weighted by atomic mass is 9.93. The standard InChI is InChI=1S/C16H26N2O3/c1-11-8-13(14(9-11)16(20)21)15(19)18-7-6-17-5-3-2-4-12(17)10-18/h11-14H,2-10H2,1H3,(H,20,21). The molecule has 1 aliphatic carbocycles. The van der Waals surface area contributed by atoms with Crippen LogP contribution in [0.5, 0.6) is 0 Å². The zero-order chi connectivity index (χ0) is 15.0. The highest BCUT2D eigenvalue weighted by molar-refractivity contribution is 5.85. The fourth-order valence-corrected chi connectivity index (χ4v) is 4.43. The van der Waals surface area contributed by atoms with Crippen LogP contribution in [0.2, 0.25) is 0 Å². The van der Waals surface area contributed by atoms with Crippen molar-refractivity contribution in [3.63, 3.8) is 0 Å². The Bertz CT molecular complexity index is 426. The van der Waals surface area contributed by atoms with Crippen LogP contribution in [0.4, 0.5) is 0 Å². The van der Waals surface area contributed by atoms with Crippen LogP contribution in [-0.2, 0) is 9.59 Å². The summed E-state index contributed by atoms with van der Waals surface area (Å²) in [6, 6.07) is 0.499. The number of carboxylic acid groups (broad SMARTS) is 1.